The van der Waals surface area contributed by atoms with E-state index in [0.29, 0.717) is 13.2 Å². The third-order valence-electron chi connectivity index (χ3n) is 2.79. The maximum Gasteiger partial charge on any atom is 0.233 e. The number of carbonyl (C=O) groups excluding carboxylic acids is 1. The van der Waals surface area contributed by atoms with Crippen LogP contribution in [0.1, 0.15) is 24.9 Å². The number of ether oxygens (including phenoxy) is 1. The molecule has 1 aromatic carbocycles. The number of carbonyl (C=O) groups is 1. The molecule has 0 saturated carbocycles. The van der Waals surface area contributed by atoms with Crippen LogP contribution in [-0.2, 0) is 9.53 Å². The summed E-state index contributed by atoms with van der Waals surface area (Å²) in [5.41, 5.74) is 0.952. The third-order valence-corrected chi connectivity index (χ3v) is 2.79. The quantitative estimate of drug-likeness (QED) is 0.705. The average molecular weight is 268 g/mol. The van der Waals surface area contributed by atoms with E-state index in [1.165, 1.54) is 12.1 Å². The fraction of sp³-hybridized carbons (Fsp3) is 0.500. The van der Waals surface area contributed by atoms with Crippen molar-refractivity contribution in [1.29, 1.82) is 0 Å². The van der Waals surface area contributed by atoms with E-state index in [9.17, 15) is 9.18 Å². The standard InChI is InChI=1S/C14H21FN2O2/c1-11(12-4-6-13(15)7-5-12)17-10-14(18)16-8-3-9-19-2/h4-7,11,17H,3,8-10H2,1-2H3,(H,16,18). The highest BCUT2D eigenvalue weighted by molar-refractivity contribution is 5.77. The summed E-state index contributed by atoms with van der Waals surface area (Å²) in [6, 6.07) is 6.26. The van der Waals surface area contributed by atoms with Gasteiger partial charge in [-0.25, -0.2) is 4.39 Å². The first-order chi connectivity index (χ1) is 9.13. The molecule has 0 heterocycles. The predicted octanol–water partition coefficient (Wildman–Crippen LogP) is 1.63. The first kappa shape index (κ1) is 15.6. The van der Waals surface area contributed by atoms with E-state index in [-0.39, 0.29) is 24.3 Å². The van der Waals surface area contributed by atoms with Crippen LogP contribution in [0.15, 0.2) is 24.3 Å². The zero-order valence-electron chi connectivity index (χ0n) is 11.4. The van der Waals surface area contributed by atoms with Gasteiger partial charge in [0.15, 0.2) is 0 Å². The summed E-state index contributed by atoms with van der Waals surface area (Å²) < 4.78 is 17.7. The summed E-state index contributed by atoms with van der Waals surface area (Å²) in [7, 11) is 1.63. The Labute approximate surface area is 113 Å². The molecule has 0 saturated heterocycles. The molecule has 0 radical (unpaired) electrons. The number of hydrogen-bond acceptors (Lipinski definition) is 3. The zero-order chi connectivity index (χ0) is 14.1. The van der Waals surface area contributed by atoms with Crippen LogP contribution >= 0.6 is 0 Å². The van der Waals surface area contributed by atoms with Crippen molar-refractivity contribution in [3.05, 3.63) is 35.6 Å². The Morgan fingerprint density at radius 1 is 1.37 bits per heavy atom. The second-order valence-corrected chi connectivity index (χ2v) is 4.35. The van der Waals surface area contributed by atoms with Gasteiger partial charge in [-0.05, 0) is 31.0 Å². The maximum absolute atomic E-state index is 12.8. The van der Waals surface area contributed by atoms with Crippen LogP contribution in [0, 0.1) is 5.82 Å². The topological polar surface area (TPSA) is 50.4 Å². The highest BCUT2D eigenvalue weighted by Crippen LogP contribution is 2.12. The lowest BCUT2D eigenvalue weighted by Crippen LogP contribution is -2.35. The van der Waals surface area contributed by atoms with Gasteiger partial charge in [-0.1, -0.05) is 12.1 Å². The Bertz CT molecular complexity index is 382. The molecule has 0 aliphatic carbocycles. The molecule has 4 nitrogen and oxygen atoms in total. The van der Waals surface area contributed by atoms with Crippen molar-refractivity contribution < 1.29 is 13.9 Å². The number of methoxy groups -OCH3 is 1. The smallest absolute Gasteiger partial charge is 0.233 e. The number of nitrogens with one attached hydrogen (secondary N) is 2. The zero-order valence-corrected chi connectivity index (χ0v) is 11.4. The van der Waals surface area contributed by atoms with Crippen LogP contribution in [0.3, 0.4) is 0 Å². The van der Waals surface area contributed by atoms with Crippen LogP contribution in [0.2, 0.25) is 0 Å². The second-order valence-electron chi connectivity index (χ2n) is 4.35. The van der Waals surface area contributed by atoms with Crippen molar-refractivity contribution in [3.8, 4) is 0 Å². The molecule has 1 aromatic rings. The van der Waals surface area contributed by atoms with Crippen molar-refractivity contribution in [2.75, 3.05) is 26.8 Å². The Kier molecular flexibility index (Phi) is 7.07. The molecule has 106 valence electrons. The molecular weight excluding hydrogens is 247 g/mol. The van der Waals surface area contributed by atoms with Gasteiger partial charge in [0.25, 0.3) is 0 Å². The first-order valence-corrected chi connectivity index (χ1v) is 6.38. The van der Waals surface area contributed by atoms with Crippen LogP contribution in [0.5, 0.6) is 0 Å². The number of rotatable bonds is 8. The minimum Gasteiger partial charge on any atom is -0.385 e. The number of hydrogen-bond donors (Lipinski definition) is 2. The van der Waals surface area contributed by atoms with Gasteiger partial charge in [0.2, 0.25) is 5.91 Å². The highest BCUT2D eigenvalue weighted by Gasteiger charge is 2.07. The monoisotopic (exact) mass is 268 g/mol. The van der Waals surface area contributed by atoms with Crippen molar-refractivity contribution in [1.82, 2.24) is 10.6 Å². The summed E-state index contributed by atoms with van der Waals surface area (Å²) in [6.45, 7) is 3.43. The van der Waals surface area contributed by atoms with Crippen molar-refractivity contribution in [2.24, 2.45) is 0 Å². The van der Waals surface area contributed by atoms with Gasteiger partial charge in [-0.2, -0.15) is 0 Å². The highest BCUT2D eigenvalue weighted by atomic mass is 19.1. The Morgan fingerprint density at radius 3 is 2.68 bits per heavy atom. The van der Waals surface area contributed by atoms with Crippen LogP contribution in [-0.4, -0.2) is 32.7 Å². The minimum atomic E-state index is -0.258. The summed E-state index contributed by atoms with van der Waals surface area (Å²) in [5, 5.41) is 5.89. The molecule has 0 aliphatic rings. The summed E-state index contributed by atoms with van der Waals surface area (Å²) in [4.78, 5) is 11.5. The van der Waals surface area contributed by atoms with Crippen LogP contribution in [0.25, 0.3) is 0 Å². The molecule has 19 heavy (non-hydrogen) atoms. The number of halogens is 1. The largest absolute Gasteiger partial charge is 0.385 e. The molecule has 0 bridgehead atoms. The average Bonchev–Trinajstić information content (AvgIpc) is 2.42. The number of amides is 1. The normalized spacial score (nSPS) is 12.2. The van der Waals surface area contributed by atoms with Gasteiger partial charge in [0.05, 0.1) is 6.54 Å². The van der Waals surface area contributed by atoms with E-state index in [1.807, 2.05) is 6.92 Å². The van der Waals surface area contributed by atoms with Crippen LogP contribution < -0.4 is 10.6 Å². The molecule has 0 aromatic heterocycles. The van der Waals surface area contributed by atoms with Crippen molar-refractivity contribution in [3.63, 3.8) is 0 Å². The summed E-state index contributed by atoms with van der Waals surface area (Å²) in [5.74, 6) is -0.308. The van der Waals surface area contributed by atoms with E-state index in [1.54, 1.807) is 19.2 Å². The molecule has 1 unspecified atom stereocenters. The van der Waals surface area contributed by atoms with Gasteiger partial charge in [-0.15, -0.1) is 0 Å². The molecule has 0 fully saturated rings. The van der Waals surface area contributed by atoms with Crippen LogP contribution in [0.4, 0.5) is 4.39 Å². The third kappa shape index (κ3) is 6.31. The predicted molar refractivity (Wildman–Crippen MR) is 72.3 cm³/mol. The van der Waals surface area contributed by atoms with Crippen molar-refractivity contribution in [2.45, 2.75) is 19.4 Å². The molecule has 1 rings (SSSR count). The molecule has 0 aliphatic heterocycles. The van der Waals surface area contributed by atoms with E-state index >= 15 is 0 Å². The lowest BCUT2D eigenvalue weighted by atomic mass is 10.1. The fourth-order valence-corrected chi connectivity index (χ4v) is 1.62. The van der Waals surface area contributed by atoms with E-state index in [0.717, 1.165) is 12.0 Å². The molecule has 2 N–H and O–H groups in total. The van der Waals surface area contributed by atoms with E-state index in [2.05, 4.69) is 10.6 Å². The van der Waals surface area contributed by atoms with Gasteiger partial charge >= 0.3 is 0 Å². The Morgan fingerprint density at radius 2 is 2.05 bits per heavy atom. The lowest BCUT2D eigenvalue weighted by molar-refractivity contribution is -0.120. The Balaban J connectivity index is 2.24. The second kappa shape index (κ2) is 8.61. The maximum atomic E-state index is 12.8. The van der Waals surface area contributed by atoms with Gasteiger partial charge in [0.1, 0.15) is 5.82 Å². The molecule has 0 spiro atoms. The van der Waals surface area contributed by atoms with Gasteiger partial charge in [0, 0.05) is 26.3 Å². The molecular formula is C14H21FN2O2. The fourth-order valence-electron chi connectivity index (χ4n) is 1.62. The summed E-state index contributed by atoms with van der Waals surface area (Å²) in [6.07, 6.45) is 0.801. The molecule has 1 atom stereocenters. The lowest BCUT2D eigenvalue weighted by Gasteiger charge is -2.14. The SMILES string of the molecule is COCCCNC(=O)CNC(C)c1ccc(F)cc1. The minimum absolute atomic E-state index is 0.00493. The van der Waals surface area contributed by atoms with Crippen molar-refractivity contribution >= 4 is 5.91 Å². The molecule has 1 amide bonds. The van der Waals surface area contributed by atoms with Gasteiger partial charge < -0.3 is 15.4 Å². The van der Waals surface area contributed by atoms with E-state index < -0.39 is 0 Å². The Hall–Kier alpha value is -1.46. The summed E-state index contributed by atoms with van der Waals surface area (Å²) >= 11 is 0. The first-order valence-electron chi connectivity index (χ1n) is 6.38. The number of benzene rings is 1. The molecule has 5 heteroatoms. The van der Waals surface area contributed by atoms with Gasteiger partial charge in [-0.3, -0.25) is 4.79 Å². The van der Waals surface area contributed by atoms with E-state index in [4.69, 9.17) is 4.74 Å².